The standard InChI is InChI=1S/C12H20N4O3/c1-12(2)7(6-8(12)17-3)13-9-14-10(18-4)16-11(15-9)19-5/h7-8H,6H2,1-5H3,(H,13,14,15,16). The Kier molecular flexibility index (Phi) is 3.75. The van der Waals surface area contributed by atoms with Gasteiger partial charge in [-0.3, -0.25) is 0 Å². The van der Waals surface area contributed by atoms with Crippen LogP contribution >= 0.6 is 0 Å². The molecule has 106 valence electrons. The van der Waals surface area contributed by atoms with E-state index in [4.69, 9.17) is 14.2 Å². The highest BCUT2D eigenvalue weighted by Gasteiger charge is 2.48. The van der Waals surface area contributed by atoms with Gasteiger partial charge in [-0.25, -0.2) is 0 Å². The summed E-state index contributed by atoms with van der Waals surface area (Å²) in [7, 11) is 4.75. The summed E-state index contributed by atoms with van der Waals surface area (Å²) in [5.41, 5.74) is 0.0296. The molecule has 1 aliphatic rings. The minimum Gasteiger partial charge on any atom is -0.467 e. The SMILES string of the molecule is COc1nc(NC2CC(OC)C2(C)C)nc(OC)n1. The van der Waals surface area contributed by atoms with Crippen LogP contribution < -0.4 is 14.8 Å². The number of hydrogen-bond acceptors (Lipinski definition) is 7. The van der Waals surface area contributed by atoms with E-state index < -0.39 is 0 Å². The molecular weight excluding hydrogens is 248 g/mol. The number of aromatic nitrogens is 3. The molecule has 0 radical (unpaired) electrons. The van der Waals surface area contributed by atoms with Gasteiger partial charge in [-0.2, -0.15) is 9.97 Å². The smallest absolute Gasteiger partial charge is 0.324 e. The lowest BCUT2D eigenvalue weighted by Gasteiger charge is -2.51. The molecule has 2 rings (SSSR count). The Morgan fingerprint density at radius 2 is 1.63 bits per heavy atom. The monoisotopic (exact) mass is 268 g/mol. The average molecular weight is 268 g/mol. The lowest BCUT2D eigenvalue weighted by molar-refractivity contribution is -0.0796. The van der Waals surface area contributed by atoms with Crippen LogP contribution in [0.1, 0.15) is 20.3 Å². The Balaban J connectivity index is 2.12. The Labute approximate surface area is 112 Å². The summed E-state index contributed by atoms with van der Waals surface area (Å²) in [4.78, 5) is 12.3. The number of nitrogens with one attached hydrogen (secondary N) is 1. The maximum Gasteiger partial charge on any atom is 0.324 e. The predicted octanol–water partition coefficient (Wildman–Crippen LogP) is 1.11. The van der Waals surface area contributed by atoms with Crippen molar-refractivity contribution in [2.75, 3.05) is 26.6 Å². The van der Waals surface area contributed by atoms with Gasteiger partial charge < -0.3 is 19.5 Å². The summed E-state index contributed by atoms with van der Waals surface area (Å²) in [6.45, 7) is 4.30. The summed E-state index contributed by atoms with van der Waals surface area (Å²) < 4.78 is 15.5. The molecule has 0 aliphatic heterocycles. The van der Waals surface area contributed by atoms with Gasteiger partial charge in [0.2, 0.25) is 5.95 Å². The van der Waals surface area contributed by atoms with E-state index in [1.165, 1.54) is 14.2 Å². The van der Waals surface area contributed by atoms with Gasteiger partial charge in [-0.1, -0.05) is 13.8 Å². The van der Waals surface area contributed by atoms with Crippen LogP contribution in [0.5, 0.6) is 12.0 Å². The van der Waals surface area contributed by atoms with Crippen LogP contribution in [-0.4, -0.2) is 48.4 Å². The Bertz CT molecular complexity index is 430. The maximum atomic E-state index is 5.42. The third-order valence-electron chi connectivity index (χ3n) is 3.73. The Hall–Kier alpha value is -1.63. The van der Waals surface area contributed by atoms with Crippen molar-refractivity contribution in [2.45, 2.75) is 32.4 Å². The topological polar surface area (TPSA) is 78.4 Å². The average Bonchev–Trinajstić information content (AvgIpc) is 2.42. The molecule has 0 bridgehead atoms. The second-order valence-electron chi connectivity index (χ2n) is 5.11. The van der Waals surface area contributed by atoms with E-state index in [0.717, 1.165) is 6.42 Å². The van der Waals surface area contributed by atoms with Crippen LogP contribution in [0.4, 0.5) is 5.95 Å². The predicted molar refractivity (Wildman–Crippen MR) is 69.5 cm³/mol. The molecule has 2 unspecified atom stereocenters. The first-order valence-corrected chi connectivity index (χ1v) is 6.14. The molecule has 0 aromatic carbocycles. The van der Waals surface area contributed by atoms with Gasteiger partial charge in [0.25, 0.3) is 0 Å². The summed E-state index contributed by atoms with van der Waals surface area (Å²) >= 11 is 0. The van der Waals surface area contributed by atoms with Crippen molar-refractivity contribution in [1.29, 1.82) is 0 Å². The Morgan fingerprint density at radius 3 is 2.05 bits per heavy atom. The van der Waals surface area contributed by atoms with Gasteiger partial charge in [-0.15, -0.1) is 4.98 Å². The Morgan fingerprint density at radius 1 is 1.05 bits per heavy atom. The molecule has 1 aromatic rings. The van der Waals surface area contributed by atoms with Gasteiger partial charge >= 0.3 is 12.0 Å². The van der Waals surface area contributed by atoms with Gasteiger partial charge in [0.1, 0.15) is 0 Å². The molecule has 0 amide bonds. The van der Waals surface area contributed by atoms with Gasteiger partial charge in [-0.05, 0) is 6.42 Å². The fourth-order valence-corrected chi connectivity index (χ4v) is 2.27. The van der Waals surface area contributed by atoms with Crippen molar-refractivity contribution >= 4 is 5.95 Å². The molecule has 7 nitrogen and oxygen atoms in total. The molecule has 1 heterocycles. The zero-order chi connectivity index (χ0) is 14.0. The fourth-order valence-electron chi connectivity index (χ4n) is 2.27. The minimum absolute atomic E-state index is 0.0296. The summed E-state index contributed by atoms with van der Waals surface area (Å²) in [5.74, 6) is 0.455. The highest BCUT2D eigenvalue weighted by atomic mass is 16.5. The van der Waals surface area contributed by atoms with Crippen LogP contribution in [0.25, 0.3) is 0 Å². The number of nitrogens with zero attached hydrogens (tertiary/aromatic N) is 3. The second-order valence-corrected chi connectivity index (χ2v) is 5.11. The number of anilines is 1. The van der Waals surface area contributed by atoms with Crippen LogP contribution in [0.3, 0.4) is 0 Å². The van der Waals surface area contributed by atoms with Crippen molar-refractivity contribution in [2.24, 2.45) is 5.41 Å². The molecule has 1 N–H and O–H groups in total. The maximum absolute atomic E-state index is 5.42. The first-order chi connectivity index (χ1) is 9.01. The van der Waals surface area contributed by atoms with E-state index in [0.29, 0.717) is 5.95 Å². The van der Waals surface area contributed by atoms with Gasteiger partial charge in [0.05, 0.1) is 20.3 Å². The van der Waals surface area contributed by atoms with Gasteiger partial charge in [0, 0.05) is 18.6 Å². The first kappa shape index (κ1) is 13.8. The van der Waals surface area contributed by atoms with Crippen molar-refractivity contribution in [3.8, 4) is 12.0 Å². The molecule has 0 spiro atoms. The molecule has 0 saturated heterocycles. The number of ether oxygens (including phenoxy) is 3. The fraction of sp³-hybridized carbons (Fsp3) is 0.750. The third kappa shape index (κ3) is 2.56. The van der Waals surface area contributed by atoms with Crippen LogP contribution in [-0.2, 0) is 4.74 Å². The zero-order valence-corrected chi connectivity index (χ0v) is 11.9. The van der Waals surface area contributed by atoms with Crippen molar-refractivity contribution in [1.82, 2.24) is 15.0 Å². The molecule has 1 aliphatic carbocycles. The molecule has 1 fully saturated rings. The van der Waals surface area contributed by atoms with Crippen LogP contribution in [0, 0.1) is 5.41 Å². The van der Waals surface area contributed by atoms with E-state index in [2.05, 4.69) is 34.1 Å². The van der Waals surface area contributed by atoms with Crippen LogP contribution in [0.2, 0.25) is 0 Å². The minimum atomic E-state index is 0.0296. The van der Waals surface area contributed by atoms with Gasteiger partial charge in [0.15, 0.2) is 0 Å². The van der Waals surface area contributed by atoms with E-state index in [1.807, 2.05) is 0 Å². The quantitative estimate of drug-likeness (QED) is 0.857. The second kappa shape index (κ2) is 5.16. The van der Waals surface area contributed by atoms with Crippen molar-refractivity contribution in [3.05, 3.63) is 0 Å². The van der Waals surface area contributed by atoms with E-state index in [1.54, 1.807) is 7.11 Å². The van der Waals surface area contributed by atoms with Crippen molar-refractivity contribution < 1.29 is 14.2 Å². The normalized spacial score (nSPS) is 24.5. The lowest BCUT2D eigenvalue weighted by atomic mass is 9.64. The number of hydrogen-bond donors (Lipinski definition) is 1. The highest BCUT2D eigenvalue weighted by molar-refractivity contribution is 5.32. The number of rotatable bonds is 5. The number of methoxy groups -OCH3 is 3. The van der Waals surface area contributed by atoms with Crippen LogP contribution in [0.15, 0.2) is 0 Å². The first-order valence-electron chi connectivity index (χ1n) is 6.14. The molecule has 1 saturated carbocycles. The van der Waals surface area contributed by atoms with E-state index in [-0.39, 0.29) is 29.6 Å². The summed E-state index contributed by atoms with van der Waals surface area (Å²) in [6.07, 6.45) is 1.16. The third-order valence-corrected chi connectivity index (χ3v) is 3.73. The molecule has 7 heteroatoms. The molecule has 2 atom stereocenters. The lowest BCUT2D eigenvalue weighted by Crippen LogP contribution is -2.57. The van der Waals surface area contributed by atoms with E-state index in [9.17, 15) is 0 Å². The highest BCUT2D eigenvalue weighted by Crippen LogP contribution is 2.43. The zero-order valence-electron chi connectivity index (χ0n) is 11.9. The molecule has 1 aromatic heterocycles. The van der Waals surface area contributed by atoms with E-state index >= 15 is 0 Å². The largest absolute Gasteiger partial charge is 0.467 e. The summed E-state index contributed by atoms with van der Waals surface area (Å²) in [6, 6.07) is 0.707. The molecule has 19 heavy (non-hydrogen) atoms. The summed E-state index contributed by atoms with van der Waals surface area (Å²) in [5, 5.41) is 3.28. The molecular formula is C12H20N4O3. The van der Waals surface area contributed by atoms with Crippen molar-refractivity contribution in [3.63, 3.8) is 0 Å².